The number of halogens is 3. The van der Waals surface area contributed by atoms with E-state index >= 15 is 0 Å². The quantitative estimate of drug-likeness (QED) is 0.813. The maximum absolute atomic E-state index is 12.1. The van der Waals surface area contributed by atoms with Crippen LogP contribution in [0, 0.1) is 17.3 Å². The summed E-state index contributed by atoms with van der Waals surface area (Å²) in [6.07, 6.45) is -0.720. The van der Waals surface area contributed by atoms with Gasteiger partial charge in [0.2, 0.25) is 5.91 Å². The molecule has 2 nitrogen and oxygen atoms in total. The molecule has 0 spiro atoms. The molecule has 0 saturated heterocycles. The van der Waals surface area contributed by atoms with Crippen LogP contribution in [0.5, 0.6) is 0 Å². The SMILES string of the molecule is CC(C)(C)C1CCCC[C@@H]1C(=O)NCC(F)(F)F. The van der Waals surface area contributed by atoms with Crippen molar-refractivity contribution in [3.63, 3.8) is 0 Å². The van der Waals surface area contributed by atoms with E-state index in [0.717, 1.165) is 19.3 Å². The first-order valence-corrected chi connectivity index (χ1v) is 6.46. The third-order valence-corrected chi connectivity index (χ3v) is 3.68. The molecule has 0 bridgehead atoms. The van der Waals surface area contributed by atoms with Crippen LogP contribution in [-0.4, -0.2) is 18.6 Å². The monoisotopic (exact) mass is 265 g/mol. The van der Waals surface area contributed by atoms with Gasteiger partial charge in [-0.3, -0.25) is 4.79 Å². The number of hydrogen-bond acceptors (Lipinski definition) is 1. The summed E-state index contributed by atoms with van der Waals surface area (Å²) in [4.78, 5) is 11.9. The van der Waals surface area contributed by atoms with Gasteiger partial charge in [-0.1, -0.05) is 33.6 Å². The molecule has 106 valence electrons. The Balaban J connectivity index is 2.64. The molecule has 5 heteroatoms. The predicted molar refractivity (Wildman–Crippen MR) is 64.0 cm³/mol. The van der Waals surface area contributed by atoms with Crippen LogP contribution in [0.4, 0.5) is 13.2 Å². The number of carbonyl (C=O) groups excluding carboxylic acids is 1. The number of alkyl halides is 3. The zero-order valence-electron chi connectivity index (χ0n) is 11.2. The first-order chi connectivity index (χ1) is 8.11. The minimum Gasteiger partial charge on any atom is -0.347 e. The molecule has 0 heterocycles. The van der Waals surface area contributed by atoms with Crippen molar-refractivity contribution in [1.29, 1.82) is 0 Å². The summed E-state index contributed by atoms with van der Waals surface area (Å²) in [5.74, 6) is -0.549. The van der Waals surface area contributed by atoms with Gasteiger partial charge in [0, 0.05) is 5.92 Å². The van der Waals surface area contributed by atoms with Gasteiger partial charge < -0.3 is 5.32 Å². The average molecular weight is 265 g/mol. The van der Waals surface area contributed by atoms with E-state index in [1.807, 2.05) is 26.1 Å². The van der Waals surface area contributed by atoms with Crippen LogP contribution in [0.25, 0.3) is 0 Å². The van der Waals surface area contributed by atoms with Crippen molar-refractivity contribution in [3.8, 4) is 0 Å². The highest BCUT2D eigenvalue weighted by atomic mass is 19.4. The standard InChI is InChI=1S/C13H22F3NO/c1-12(2,3)10-7-5-4-6-9(10)11(18)17-8-13(14,15)16/h9-10H,4-8H2,1-3H3,(H,17,18)/t9-,10?/m0/s1. The topological polar surface area (TPSA) is 29.1 Å². The predicted octanol–water partition coefficient (Wildman–Crippen LogP) is 3.52. The molecule has 0 aromatic heterocycles. The fourth-order valence-corrected chi connectivity index (χ4v) is 2.80. The van der Waals surface area contributed by atoms with E-state index in [1.54, 1.807) is 0 Å². The summed E-state index contributed by atoms with van der Waals surface area (Å²) in [6, 6.07) is 0. The van der Waals surface area contributed by atoms with Crippen molar-refractivity contribution in [2.24, 2.45) is 17.3 Å². The van der Waals surface area contributed by atoms with E-state index in [-0.39, 0.29) is 17.3 Å². The van der Waals surface area contributed by atoms with Crippen molar-refractivity contribution in [1.82, 2.24) is 5.32 Å². The highest BCUT2D eigenvalue weighted by Gasteiger charge is 2.39. The Kier molecular flexibility index (Phi) is 4.67. The molecule has 1 amide bonds. The summed E-state index contributed by atoms with van der Waals surface area (Å²) in [7, 11) is 0. The summed E-state index contributed by atoms with van der Waals surface area (Å²) in [6.45, 7) is 4.92. The Bertz CT molecular complexity index is 294. The molecule has 0 aliphatic heterocycles. The number of hydrogen-bond donors (Lipinski definition) is 1. The van der Waals surface area contributed by atoms with Gasteiger partial charge in [0.25, 0.3) is 0 Å². The average Bonchev–Trinajstić information content (AvgIpc) is 2.24. The van der Waals surface area contributed by atoms with Crippen LogP contribution in [0.2, 0.25) is 0 Å². The Morgan fingerprint density at radius 2 is 1.72 bits per heavy atom. The molecule has 0 aromatic rings. The van der Waals surface area contributed by atoms with Crippen molar-refractivity contribution < 1.29 is 18.0 Å². The zero-order chi connectivity index (χ0) is 14.0. The third kappa shape index (κ3) is 4.50. The second-order valence-corrected chi connectivity index (χ2v) is 6.20. The van der Waals surface area contributed by atoms with Gasteiger partial charge in [-0.15, -0.1) is 0 Å². The van der Waals surface area contributed by atoms with Gasteiger partial charge >= 0.3 is 6.18 Å². The molecular formula is C13H22F3NO. The van der Waals surface area contributed by atoms with E-state index in [2.05, 4.69) is 0 Å². The molecule has 1 aliphatic carbocycles. The lowest BCUT2D eigenvalue weighted by molar-refractivity contribution is -0.143. The molecule has 0 aromatic carbocycles. The van der Waals surface area contributed by atoms with Crippen LogP contribution < -0.4 is 5.32 Å². The van der Waals surface area contributed by atoms with Crippen molar-refractivity contribution in [2.45, 2.75) is 52.6 Å². The summed E-state index contributed by atoms with van der Waals surface area (Å²) >= 11 is 0. The number of carbonyl (C=O) groups is 1. The lowest BCUT2D eigenvalue weighted by Gasteiger charge is -2.39. The first kappa shape index (κ1) is 15.3. The minimum absolute atomic E-state index is 0.0410. The maximum Gasteiger partial charge on any atom is 0.405 e. The van der Waals surface area contributed by atoms with Crippen molar-refractivity contribution >= 4 is 5.91 Å². The minimum atomic E-state index is -4.33. The maximum atomic E-state index is 12.1. The molecule has 1 fully saturated rings. The molecule has 18 heavy (non-hydrogen) atoms. The van der Waals surface area contributed by atoms with Gasteiger partial charge in [-0.25, -0.2) is 0 Å². The van der Waals surface area contributed by atoms with E-state index in [4.69, 9.17) is 0 Å². The highest BCUT2D eigenvalue weighted by molar-refractivity contribution is 5.79. The van der Waals surface area contributed by atoms with Gasteiger partial charge in [0.05, 0.1) is 0 Å². The van der Waals surface area contributed by atoms with Crippen LogP contribution in [-0.2, 0) is 4.79 Å². The fourth-order valence-electron chi connectivity index (χ4n) is 2.80. The fraction of sp³-hybridized carbons (Fsp3) is 0.923. The number of amides is 1. The second-order valence-electron chi connectivity index (χ2n) is 6.20. The van der Waals surface area contributed by atoms with Crippen LogP contribution >= 0.6 is 0 Å². The Hall–Kier alpha value is -0.740. The molecular weight excluding hydrogens is 243 g/mol. The molecule has 1 N–H and O–H groups in total. The normalized spacial score (nSPS) is 25.9. The lowest BCUT2D eigenvalue weighted by Crippen LogP contribution is -2.44. The zero-order valence-corrected chi connectivity index (χ0v) is 11.2. The highest BCUT2D eigenvalue weighted by Crippen LogP contribution is 2.41. The van der Waals surface area contributed by atoms with E-state index in [9.17, 15) is 18.0 Å². The Morgan fingerprint density at radius 1 is 1.17 bits per heavy atom. The van der Waals surface area contributed by atoms with Gasteiger partial charge in [-0.2, -0.15) is 13.2 Å². The van der Waals surface area contributed by atoms with Gasteiger partial charge in [0.1, 0.15) is 6.54 Å². The molecule has 2 atom stereocenters. The van der Waals surface area contributed by atoms with Gasteiger partial charge in [-0.05, 0) is 24.2 Å². The van der Waals surface area contributed by atoms with Gasteiger partial charge in [0.15, 0.2) is 0 Å². The third-order valence-electron chi connectivity index (χ3n) is 3.68. The molecule has 1 unspecified atom stereocenters. The Labute approximate surface area is 106 Å². The summed E-state index contributed by atoms with van der Waals surface area (Å²) < 4.78 is 36.3. The van der Waals surface area contributed by atoms with E-state index in [0.29, 0.717) is 6.42 Å². The van der Waals surface area contributed by atoms with Crippen LogP contribution in [0.1, 0.15) is 46.5 Å². The first-order valence-electron chi connectivity index (χ1n) is 6.46. The second kappa shape index (κ2) is 5.49. The number of rotatable bonds is 2. The van der Waals surface area contributed by atoms with Crippen LogP contribution in [0.15, 0.2) is 0 Å². The van der Waals surface area contributed by atoms with Crippen molar-refractivity contribution in [2.75, 3.05) is 6.54 Å². The van der Waals surface area contributed by atoms with E-state index < -0.39 is 18.6 Å². The smallest absolute Gasteiger partial charge is 0.347 e. The summed E-state index contributed by atoms with van der Waals surface area (Å²) in [5, 5.41) is 2.03. The summed E-state index contributed by atoms with van der Waals surface area (Å²) in [5.41, 5.74) is -0.0410. The molecule has 1 aliphatic rings. The molecule has 1 saturated carbocycles. The van der Waals surface area contributed by atoms with E-state index in [1.165, 1.54) is 0 Å². The van der Waals surface area contributed by atoms with Crippen molar-refractivity contribution in [3.05, 3.63) is 0 Å². The Morgan fingerprint density at radius 3 is 2.22 bits per heavy atom. The largest absolute Gasteiger partial charge is 0.405 e. The number of nitrogens with one attached hydrogen (secondary N) is 1. The lowest BCUT2D eigenvalue weighted by atomic mass is 9.66. The molecule has 0 radical (unpaired) electrons. The molecule has 1 rings (SSSR count). The van der Waals surface area contributed by atoms with Crippen LogP contribution in [0.3, 0.4) is 0 Å².